The largest absolute Gasteiger partial charge is 0.489 e. The van der Waals surface area contributed by atoms with Gasteiger partial charge in [0.2, 0.25) is 11.8 Å². The Labute approximate surface area is 165 Å². The van der Waals surface area contributed by atoms with Crippen molar-refractivity contribution in [2.45, 2.75) is 64.3 Å². The molecule has 2 atom stereocenters. The third kappa shape index (κ3) is 3.63. The minimum Gasteiger partial charge on any atom is -0.489 e. The quantitative estimate of drug-likeness (QED) is 0.798. The first-order chi connectivity index (χ1) is 13.4. The van der Waals surface area contributed by atoms with Gasteiger partial charge in [-0.2, -0.15) is 0 Å². The Hall–Kier alpha value is -2.41. The minimum absolute atomic E-state index is 0.151. The van der Waals surface area contributed by atoms with Gasteiger partial charge in [-0.05, 0) is 63.4 Å². The van der Waals surface area contributed by atoms with Gasteiger partial charge in [-0.15, -0.1) is 0 Å². The molecule has 3 amide bonds. The second kappa shape index (κ2) is 7.54. The summed E-state index contributed by atoms with van der Waals surface area (Å²) < 4.78 is 6.22. The molecule has 0 spiro atoms. The van der Waals surface area contributed by atoms with Crippen molar-refractivity contribution in [1.82, 2.24) is 15.1 Å². The maximum absolute atomic E-state index is 12.8. The summed E-state index contributed by atoms with van der Waals surface area (Å²) in [5.74, 6) is -0.0409. The number of carbonyl (C=O) groups excluding carboxylic acids is 3. The molecule has 3 heterocycles. The van der Waals surface area contributed by atoms with Gasteiger partial charge in [0.15, 0.2) is 0 Å². The van der Waals surface area contributed by atoms with Crippen LogP contribution in [0.25, 0.3) is 0 Å². The number of likely N-dealkylation sites (tertiary alicyclic amines) is 1. The van der Waals surface area contributed by atoms with Crippen LogP contribution < -0.4 is 10.1 Å². The summed E-state index contributed by atoms with van der Waals surface area (Å²) in [5, 5.41) is 2.33. The number of nitrogens with zero attached hydrogens (tertiary/aromatic N) is 2. The Morgan fingerprint density at radius 1 is 1.18 bits per heavy atom. The molecule has 0 aliphatic carbocycles. The lowest BCUT2D eigenvalue weighted by molar-refractivity contribution is -0.136. The number of fused-ring (bicyclic) bond motifs is 1. The van der Waals surface area contributed by atoms with Crippen LogP contribution in [-0.2, 0) is 16.1 Å². The molecule has 2 fully saturated rings. The zero-order chi connectivity index (χ0) is 19.8. The van der Waals surface area contributed by atoms with Crippen molar-refractivity contribution in [2.24, 2.45) is 0 Å². The van der Waals surface area contributed by atoms with E-state index in [-0.39, 0.29) is 30.2 Å². The number of imide groups is 1. The Kier molecular flexibility index (Phi) is 5.10. The van der Waals surface area contributed by atoms with E-state index in [0.717, 1.165) is 37.2 Å². The summed E-state index contributed by atoms with van der Waals surface area (Å²) in [4.78, 5) is 40.3. The van der Waals surface area contributed by atoms with E-state index in [2.05, 4.69) is 24.1 Å². The van der Waals surface area contributed by atoms with E-state index < -0.39 is 6.04 Å². The highest BCUT2D eigenvalue weighted by Gasteiger charge is 2.39. The third-order valence-corrected chi connectivity index (χ3v) is 5.94. The molecule has 2 unspecified atom stereocenters. The molecule has 0 bridgehead atoms. The van der Waals surface area contributed by atoms with E-state index in [0.29, 0.717) is 24.6 Å². The number of nitrogens with one attached hydrogen (secondary N) is 1. The first-order valence-electron chi connectivity index (χ1n) is 10.1. The van der Waals surface area contributed by atoms with Crippen LogP contribution in [0.3, 0.4) is 0 Å². The first kappa shape index (κ1) is 18.9. The van der Waals surface area contributed by atoms with Crippen LogP contribution in [0.4, 0.5) is 0 Å². The Balaban J connectivity index is 1.45. The van der Waals surface area contributed by atoms with Gasteiger partial charge in [-0.1, -0.05) is 0 Å². The zero-order valence-electron chi connectivity index (χ0n) is 16.4. The van der Waals surface area contributed by atoms with E-state index in [1.807, 2.05) is 12.1 Å². The van der Waals surface area contributed by atoms with Gasteiger partial charge in [0.05, 0.1) is 0 Å². The summed E-state index contributed by atoms with van der Waals surface area (Å²) >= 11 is 0. The first-order valence-corrected chi connectivity index (χ1v) is 10.1. The molecule has 4 rings (SSSR count). The van der Waals surface area contributed by atoms with Gasteiger partial charge >= 0.3 is 0 Å². The summed E-state index contributed by atoms with van der Waals surface area (Å²) in [6, 6.07) is 5.49. The fourth-order valence-electron chi connectivity index (χ4n) is 4.35. The average molecular weight is 385 g/mol. The predicted molar refractivity (Wildman–Crippen MR) is 103 cm³/mol. The SMILES string of the molecule is CC(C)N1CCCC(Oc2ccc3c(c2)CN(C2CCC(=O)NC2=O)C3=O)C1. The van der Waals surface area contributed by atoms with E-state index >= 15 is 0 Å². The topological polar surface area (TPSA) is 79.0 Å². The number of benzene rings is 1. The van der Waals surface area contributed by atoms with Gasteiger partial charge in [0.25, 0.3) is 5.91 Å². The third-order valence-electron chi connectivity index (χ3n) is 5.94. The summed E-state index contributed by atoms with van der Waals surface area (Å²) in [6.07, 6.45) is 2.94. The molecule has 150 valence electrons. The van der Waals surface area contributed by atoms with Crippen LogP contribution in [-0.4, -0.2) is 58.8 Å². The number of hydrogen-bond acceptors (Lipinski definition) is 5. The summed E-state index contributed by atoms with van der Waals surface area (Å²) in [7, 11) is 0. The molecule has 1 aromatic carbocycles. The van der Waals surface area contributed by atoms with Crippen LogP contribution in [0.5, 0.6) is 5.75 Å². The Morgan fingerprint density at radius 3 is 2.75 bits per heavy atom. The van der Waals surface area contributed by atoms with Crippen LogP contribution >= 0.6 is 0 Å². The van der Waals surface area contributed by atoms with Crippen LogP contribution in [0.2, 0.25) is 0 Å². The molecule has 2 saturated heterocycles. The van der Waals surface area contributed by atoms with E-state index in [9.17, 15) is 14.4 Å². The molecule has 1 N–H and O–H groups in total. The summed E-state index contributed by atoms with van der Waals surface area (Å²) in [6.45, 7) is 6.80. The van der Waals surface area contributed by atoms with E-state index in [1.165, 1.54) is 0 Å². The highest BCUT2D eigenvalue weighted by atomic mass is 16.5. The second-order valence-electron chi connectivity index (χ2n) is 8.19. The number of rotatable bonds is 4. The Morgan fingerprint density at radius 2 is 2.00 bits per heavy atom. The second-order valence-corrected chi connectivity index (χ2v) is 8.19. The van der Waals surface area contributed by atoms with Crippen molar-refractivity contribution in [3.05, 3.63) is 29.3 Å². The van der Waals surface area contributed by atoms with Gasteiger partial charge in [0, 0.05) is 31.1 Å². The number of amides is 3. The molecule has 1 aromatic rings. The molecule has 7 heteroatoms. The molecule has 28 heavy (non-hydrogen) atoms. The molecule has 3 aliphatic rings. The molecular weight excluding hydrogens is 358 g/mol. The number of ether oxygens (including phenoxy) is 1. The van der Waals surface area contributed by atoms with Crippen molar-refractivity contribution < 1.29 is 19.1 Å². The highest BCUT2D eigenvalue weighted by Crippen LogP contribution is 2.31. The van der Waals surface area contributed by atoms with E-state index in [1.54, 1.807) is 11.0 Å². The lowest BCUT2D eigenvalue weighted by atomic mass is 10.0. The molecule has 0 saturated carbocycles. The fraction of sp³-hybridized carbons (Fsp3) is 0.571. The maximum Gasteiger partial charge on any atom is 0.255 e. The van der Waals surface area contributed by atoms with E-state index in [4.69, 9.17) is 4.74 Å². The molecule has 7 nitrogen and oxygen atoms in total. The van der Waals surface area contributed by atoms with Crippen LogP contribution in [0.15, 0.2) is 18.2 Å². The Bertz CT molecular complexity index is 807. The van der Waals surface area contributed by atoms with Crippen molar-refractivity contribution in [3.8, 4) is 5.75 Å². The van der Waals surface area contributed by atoms with Crippen molar-refractivity contribution in [1.29, 1.82) is 0 Å². The predicted octanol–water partition coefficient (Wildman–Crippen LogP) is 1.70. The minimum atomic E-state index is -0.583. The average Bonchev–Trinajstić information content (AvgIpc) is 2.98. The number of hydrogen-bond donors (Lipinski definition) is 1. The van der Waals surface area contributed by atoms with Crippen LogP contribution in [0, 0.1) is 0 Å². The standard InChI is InChI=1S/C21H27N3O4/c1-13(2)23-9-3-4-16(12-23)28-15-5-6-17-14(10-15)11-24(21(17)27)18-7-8-19(25)22-20(18)26/h5-6,10,13,16,18H,3-4,7-9,11-12H2,1-2H3,(H,22,25,26). The molecular formula is C21H27N3O4. The number of carbonyl (C=O) groups is 3. The van der Waals surface area contributed by atoms with Crippen LogP contribution in [0.1, 0.15) is 55.5 Å². The highest BCUT2D eigenvalue weighted by molar-refractivity contribution is 6.05. The van der Waals surface area contributed by atoms with Crippen molar-refractivity contribution in [2.75, 3.05) is 13.1 Å². The smallest absolute Gasteiger partial charge is 0.255 e. The normalized spacial score (nSPS) is 25.8. The monoisotopic (exact) mass is 385 g/mol. The fourth-order valence-corrected chi connectivity index (χ4v) is 4.35. The lowest BCUT2D eigenvalue weighted by Gasteiger charge is -2.35. The molecule has 0 aromatic heterocycles. The van der Waals surface area contributed by atoms with Gasteiger partial charge in [-0.3, -0.25) is 24.6 Å². The zero-order valence-corrected chi connectivity index (χ0v) is 16.4. The molecule has 3 aliphatic heterocycles. The summed E-state index contributed by atoms with van der Waals surface area (Å²) in [5.41, 5.74) is 1.49. The van der Waals surface area contributed by atoms with Gasteiger partial charge in [0.1, 0.15) is 17.9 Å². The lowest BCUT2D eigenvalue weighted by Crippen LogP contribution is -2.52. The van der Waals surface area contributed by atoms with Crippen molar-refractivity contribution >= 4 is 17.7 Å². The number of piperidine rings is 2. The van der Waals surface area contributed by atoms with Crippen molar-refractivity contribution in [3.63, 3.8) is 0 Å². The molecule has 0 radical (unpaired) electrons. The maximum atomic E-state index is 12.8. The van der Waals surface area contributed by atoms with Gasteiger partial charge < -0.3 is 9.64 Å². The van der Waals surface area contributed by atoms with Gasteiger partial charge in [-0.25, -0.2) is 0 Å².